The van der Waals surface area contributed by atoms with Gasteiger partial charge < -0.3 is 19.8 Å². The summed E-state index contributed by atoms with van der Waals surface area (Å²) in [7, 11) is 1.33. The maximum atomic E-state index is 12.9. The molecule has 3 rings (SSSR count). The molecule has 0 radical (unpaired) electrons. The molecule has 0 saturated carbocycles. The second kappa shape index (κ2) is 9.73. The number of anilines is 1. The van der Waals surface area contributed by atoms with Crippen molar-refractivity contribution in [3.63, 3.8) is 0 Å². The van der Waals surface area contributed by atoms with Crippen LogP contribution in [0.5, 0.6) is 5.75 Å². The Morgan fingerprint density at radius 3 is 2.73 bits per heavy atom. The molecule has 156 valence electrons. The fraction of sp³-hybridized carbons (Fsp3) is 0.261. The Morgan fingerprint density at radius 1 is 1.20 bits per heavy atom. The number of aryl methyl sites for hydroxylation is 1. The van der Waals surface area contributed by atoms with Crippen molar-refractivity contribution in [2.45, 2.75) is 33.3 Å². The van der Waals surface area contributed by atoms with Gasteiger partial charge in [0.1, 0.15) is 18.1 Å². The number of carbonyl (C=O) groups excluding carboxylic acids is 2. The molecule has 30 heavy (non-hydrogen) atoms. The summed E-state index contributed by atoms with van der Waals surface area (Å²) in [5.41, 5.74) is 3.63. The molecule has 0 atom stereocenters. The van der Waals surface area contributed by atoms with Gasteiger partial charge in [0.15, 0.2) is 0 Å². The van der Waals surface area contributed by atoms with Gasteiger partial charge in [0, 0.05) is 35.4 Å². The number of pyridine rings is 1. The van der Waals surface area contributed by atoms with E-state index >= 15 is 0 Å². The lowest BCUT2D eigenvalue weighted by molar-refractivity contribution is 0.0599. The summed E-state index contributed by atoms with van der Waals surface area (Å²) in [6.45, 7) is 4.13. The molecule has 0 aliphatic heterocycles. The minimum atomic E-state index is -0.447. The zero-order chi connectivity index (χ0) is 21.5. The average molecular weight is 407 g/mol. The predicted octanol–water partition coefficient (Wildman–Crippen LogP) is 4.29. The van der Waals surface area contributed by atoms with Crippen LogP contribution in [0.1, 0.15) is 51.0 Å². The van der Waals surface area contributed by atoms with Crippen molar-refractivity contribution < 1.29 is 19.1 Å². The highest BCUT2D eigenvalue weighted by atomic mass is 16.5. The summed E-state index contributed by atoms with van der Waals surface area (Å²) < 4.78 is 10.7. The third-order valence-electron chi connectivity index (χ3n) is 4.63. The Kier molecular flexibility index (Phi) is 6.85. The smallest absolute Gasteiger partial charge is 0.339 e. The number of rotatable bonds is 8. The topological polar surface area (TPSA) is 93.3 Å². The molecule has 3 aromatic rings. The van der Waals surface area contributed by atoms with E-state index in [-0.39, 0.29) is 5.91 Å². The second-order valence-electron chi connectivity index (χ2n) is 6.85. The summed E-state index contributed by atoms with van der Waals surface area (Å²) in [5.74, 6) is -0.137. The van der Waals surface area contributed by atoms with Gasteiger partial charge in [0.25, 0.3) is 5.91 Å². The van der Waals surface area contributed by atoms with Crippen LogP contribution in [0.4, 0.5) is 5.69 Å². The van der Waals surface area contributed by atoms with E-state index in [1.54, 1.807) is 37.5 Å². The van der Waals surface area contributed by atoms with Crippen LogP contribution in [0.15, 0.2) is 48.8 Å². The highest BCUT2D eigenvalue weighted by Gasteiger charge is 2.24. The molecule has 0 unspecified atom stereocenters. The van der Waals surface area contributed by atoms with Crippen molar-refractivity contribution in [2.75, 3.05) is 12.4 Å². The quantitative estimate of drug-likeness (QED) is 0.544. The third kappa shape index (κ3) is 4.86. The number of ether oxygens (including phenoxy) is 2. The highest BCUT2D eigenvalue weighted by Crippen LogP contribution is 2.24. The van der Waals surface area contributed by atoms with Crippen LogP contribution in [-0.2, 0) is 17.8 Å². The number of hydrogen-bond donors (Lipinski definition) is 2. The van der Waals surface area contributed by atoms with Gasteiger partial charge in [-0.15, -0.1) is 0 Å². The molecule has 0 spiro atoms. The van der Waals surface area contributed by atoms with Crippen LogP contribution in [0.25, 0.3) is 0 Å². The lowest BCUT2D eigenvalue weighted by Crippen LogP contribution is -2.15. The van der Waals surface area contributed by atoms with Crippen molar-refractivity contribution in [3.8, 4) is 5.75 Å². The number of benzene rings is 1. The molecule has 2 N–H and O–H groups in total. The molecule has 0 bridgehead atoms. The van der Waals surface area contributed by atoms with Gasteiger partial charge in [-0.1, -0.05) is 25.5 Å². The Bertz CT molecular complexity index is 1030. The van der Waals surface area contributed by atoms with Crippen LogP contribution >= 0.6 is 0 Å². The van der Waals surface area contributed by atoms with Crippen LogP contribution in [-0.4, -0.2) is 29.0 Å². The number of carbonyl (C=O) groups is 2. The van der Waals surface area contributed by atoms with Gasteiger partial charge in [-0.3, -0.25) is 9.78 Å². The SMILES string of the molecule is CCCc1c(C(=O)Nc2cccc(OCc3cccnc3)c2)[nH]c(C)c1C(=O)OC. The number of H-pyrrole nitrogens is 1. The first-order valence-electron chi connectivity index (χ1n) is 9.76. The van der Waals surface area contributed by atoms with Gasteiger partial charge >= 0.3 is 5.97 Å². The normalized spacial score (nSPS) is 10.5. The second-order valence-corrected chi connectivity index (χ2v) is 6.85. The summed E-state index contributed by atoms with van der Waals surface area (Å²) in [4.78, 5) is 32.2. The van der Waals surface area contributed by atoms with E-state index in [4.69, 9.17) is 9.47 Å². The van der Waals surface area contributed by atoms with Crippen LogP contribution in [0.3, 0.4) is 0 Å². The van der Waals surface area contributed by atoms with Gasteiger partial charge in [-0.05, 0) is 37.1 Å². The minimum Gasteiger partial charge on any atom is -0.489 e. The number of aromatic amines is 1. The maximum absolute atomic E-state index is 12.9. The number of nitrogens with zero attached hydrogens (tertiary/aromatic N) is 1. The average Bonchev–Trinajstić information content (AvgIpc) is 3.09. The number of aromatic nitrogens is 2. The van der Waals surface area contributed by atoms with E-state index in [1.807, 2.05) is 25.1 Å². The summed E-state index contributed by atoms with van der Waals surface area (Å²) in [5, 5.41) is 2.88. The molecule has 1 aromatic carbocycles. The summed E-state index contributed by atoms with van der Waals surface area (Å²) in [6.07, 6.45) is 4.83. The minimum absolute atomic E-state index is 0.318. The van der Waals surface area contributed by atoms with E-state index in [0.29, 0.717) is 47.0 Å². The molecule has 7 heteroatoms. The number of methoxy groups -OCH3 is 1. The van der Waals surface area contributed by atoms with E-state index in [0.717, 1.165) is 12.0 Å². The number of amides is 1. The maximum Gasteiger partial charge on any atom is 0.339 e. The zero-order valence-corrected chi connectivity index (χ0v) is 17.3. The van der Waals surface area contributed by atoms with Crippen molar-refractivity contribution >= 4 is 17.6 Å². The Hall–Kier alpha value is -3.61. The molecular weight excluding hydrogens is 382 g/mol. The first-order chi connectivity index (χ1) is 14.5. The van der Waals surface area contributed by atoms with Gasteiger partial charge in [-0.25, -0.2) is 4.79 Å². The standard InChI is InChI=1S/C23H25N3O4/c1-4-7-19-20(23(28)29-3)15(2)25-21(19)22(27)26-17-9-5-10-18(12-17)30-14-16-8-6-11-24-13-16/h5-6,8-13,25H,4,7,14H2,1-3H3,(H,26,27). The Morgan fingerprint density at radius 2 is 2.03 bits per heavy atom. The fourth-order valence-corrected chi connectivity index (χ4v) is 3.26. The molecular formula is C23H25N3O4. The van der Waals surface area contributed by atoms with Crippen molar-refractivity contribution in [2.24, 2.45) is 0 Å². The first kappa shape index (κ1) is 21.1. The van der Waals surface area contributed by atoms with Gasteiger partial charge in [0.2, 0.25) is 0 Å². The summed E-state index contributed by atoms with van der Waals surface area (Å²) in [6, 6.07) is 10.9. The highest BCUT2D eigenvalue weighted by molar-refractivity contribution is 6.07. The van der Waals surface area contributed by atoms with E-state index in [1.165, 1.54) is 7.11 Å². The summed E-state index contributed by atoms with van der Waals surface area (Å²) >= 11 is 0. The van der Waals surface area contributed by atoms with E-state index < -0.39 is 5.97 Å². The lowest BCUT2D eigenvalue weighted by atomic mass is 10.0. The van der Waals surface area contributed by atoms with Gasteiger partial charge in [0.05, 0.1) is 12.7 Å². The first-order valence-corrected chi connectivity index (χ1v) is 9.76. The molecule has 7 nitrogen and oxygen atoms in total. The third-order valence-corrected chi connectivity index (χ3v) is 4.63. The Balaban J connectivity index is 1.77. The molecule has 0 saturated heterocycles. The van der Waals surface area contributed by atoms with E-state index in [9.17, 15) is 9.59 Å². The van der Waals surface area contributed by atoms with Crippen molar-refractivity contribution in [1.29, 1.82) is 0 Å². The Labute approximate surface area is 175 Å². The van der Waals surface area contributed by atoms with Crippen molar-refractivity contribution in [3.05, 3.63) is 76.9 Å². The largest absolute Gasteiger partial charge is 0.489 e. The number of nitrogens with one attached hydrogen (secondary N) is 2. The zero-order valence-electron chi connectivity index (χ0n) is 17.3. The van der Waals surface area contributed by atoms with Crippen LogP contribution < -0.4 is 10.1 Å². The van der Waals surface area contributed by atoms with Crippen LogP contribution in [0, 0.1) is 6.92 Å². The predicted molar refractivity (Wildman–Crippen MR) is 114 cm³/mol. The lowest BCUT2D eigenvalue weighted by Gasteiger charge is -2.10. The molecule has 0 fully saturated rings. The molecule has 0 aliphatic carbocycles. The molecule has 0 aliphatic rings. The van der Waals surface area contributed by atoms with Gasteiger partial charge in [-0.2, -0.15) is 0 Å². The number of esters is 1. The van der Waals surface area contributed by atoms with E-state index in [2.05, 4.69) is 15.3 Å². The molecule has 2 heterocycles. The fourth-order valence-electron chi connectivity index (χ4n) is 3.26. The monoisotopic (exact) mass is 407 g/mol. The number of hydrogen-bond acceptors (Lipinski definition) is 5. The molecule has 1 amide bonds. The molecule has 2 aromatic heterocycles. The van der Waals surface area contributed by atoms with Crippen LogP contribution in [0.2, 0.25) is 0 Å². The van der Waals surface area contributed by atoms with Crippen molar-refractivity contribution in [1.82, 2.24) is 9.97 Å².